The smallest absolute Gasteiger partial charge is 0.462 e. The lowest BCUT2D eigenvalue weighted by Crippen LogP contribution is -2.56. The molecule has 8 N–H and O–H groups in total. The van der Waals surface area contributed by atoms with Crippen LogP contribution in [0.1, 0.15) is 129 Å². The van der Waals surface area contributed by atoms with Crippen LogP contribution < -0.4 is 0 Å². The largest absolute Gasteiger partial charge is 0.472 e. The van der Waals surface area contributed by atoms with E-state index in [1.807, 2.05) is 6.92 Å². The number of aliphatic hydroxyl groups excluding tert-OH is 5. The number of aliphatic hydroxyl groups is 5. The number of allylic oxidation sites excluding steroid dienone is 7. The number of phosphoric ester groups is 2. The van der Waals surface area contributed by atoms with Gasteiger partial charge < -0.3 is 49.7 Å². The van der Waals surface area contributed by atoms with Gasteiger partial charge in [0.1, 0.15) is 31.0 Å². The predicted molar refractivity (Wildman–Crippen MR) is 241 cm³/mol. The van der Waals surface area contributed by atoms with Gasteiger partial charge in [0.05, 0.1) is 30.8 Å². The zero-order valence-corrected chi connectivity index (χ0v) is 39.5. The molecule has 2 rings (SSSR count). The first-order chi connectivity index (χ1) is 30.9. The standard InChI is InChI=1S/C45H74O18P2/c1-3-5-7-8-9-10-11-12-13-14-15-16-21-25-38(48)59-31-35-32-60-65(57,58)63-45-43(53)42(52)40(50)33(23-20-17-18-22-26-39(49)61-35)27-30-37(47)36(29-28-34(46)24-19-6-4-2)41(51)44(45)62-64(54,55)56/h7-8,10-11,17,20,27-30,33-36,40-46,50-53H,3-6,9,12-16,18-19,21-26,31-32H2,1-2H3,(H,57,58)(H2,54,55,56)/b8-7-,11-10-,20-17-,29-28+,30-27-/t33-,34-,35+,36-,40+,41+,42-,43+,44+,45-/m0/s1. The maximum atomic E-state index is 13.7. The van der Waals surface area contributed by atoms with Gasteiger partial charge in [-0.2, -0.15) is 0 Å². The van der Waals surface area contributed by atoms with Crippen LogP contribution in [0.25, 0.3) is 0 Å². The Morgan fingerprint density at radius 3 is 2.32 bits per heavy atom. The molecule has 11 atom stereocenters. The fourth-order valence-corrected chi connectivity index (χ4v) is 8.61. The van der Waals surface area contributed by atoms with E-state index < -0.39 is 107 Å². The van der Waals surface area contributed by atoms with Crippen LogP contribution >= 0.6 is 15.6 Å². The summed E-state index contributed by atoms with van der Waals surface area (Å²) in [4.78, 5) is 70.2. The molecule has 2 bridgehead atoms. The Hall–Kier alpha value is -2.67. The van der Waals surface area contributed by atoms with Crippen LogP contribution in [0.4, 0.5) is 0 Å². The first kappa shape index (κ1) is 58.5. The van der Waals surface area contributed by atoms with Gasteiger partial charge in [-0.05, 0) is 63.9 Å². The number of fused-ring (bicyclic) bond motifs is 4. The van der Waals surface area contributed by atoms with Crippen LogP contribution in [-0.4, -0.2) is 120 Å². The van der Waals surface area contributed by atoms with Crippen molar-refractivity contribution in [3.8, 4) is 0 Å². The average molecular weight is 965 g/mol. The van der Waals surface area contributed by atoms with Crippen LogP contribution in [-0.2, 0) is 46.6 Å². The Morgan fingerprint density at radius 2 is 1.62 bits per heavy atom. The van der Waals surface area contributed by atoms with Crippen molar-refractivity contribution in [1.82, 2.24) is 0 Å². The third-order valence-corrected chi connectivity index (χ3v) is 12.3. The second-order valence-corrected chi connectivity index (χ2v) is 19.0. The number of cyclic esters (lactones) is 1. The molecule has 0 aromatic carbocycles. The van der Waals surface area contributed by atoms with Gasteiger partial charge in [-0.15, -0.1) is 0 Å². The number of ketones is 1. The van der Waals surface area contributed by atoms with Crippen molar-refractivity contribution in [1.29, 1.82) is 0 Å². The third-order valence-electron chi connectivity index (χ3n) is 10.8. The third kappa shape index (κ3) is 24.8. The lowest BCUT2D eigenvalue weighted by Gasteiger charge is -2.38. The van der Waals surface area contributed by atoms with Crippen LogP contribution in [0, 0.1) is 11.8 Å². The summed E-state index contributed by atoms with van der Waals surface area (Å²) in [7, 11) is -11.4. The molecule has 2 aliphatic rings. The molecule has 0 aromatic heterocycles. The van der Waals surface area contributed by atoms with Crippen molar-refractivity contribution in [2.75, 3.05) is 13.2 Å². The van der Waals surface area contributed by atoms with Crippen molar-refractivity contribution in [3.05, 3.63) is 60.8 Å². The first-order valence-corrected chi connectivity index (χ1v) is 25.9. The Bertz CT molecular complexity index is 1640. The number of carbonyl (C=O) groups is 3. The maximum Gasteiger partial charge on any atom is 0.472 e. The van der Waals surface area contributed by atoms with E-state index in [1.165, 1.54) is 12.2 Å². The Kier molecular flexibility index (Phi) is 28.9. The Labute approximate surface area is 383 Å². The Balaban J connectivity index is 2.35. The van der Waals surface area contributed by atoms with E-state index in [9.17, 15) is 63.7 Å². The molecule has 0 spiro atoms. The molecule has 1 unspecified atom stereocenters. The van der Waals surface area contributed by atoms with Gasteiger partial charge in [0, 0.05) is 18.8 Å². The quantitative estimate of drug-likeness (QED) is 0.0271. The summed E-state index contributed by atoms with van der Waals surface area (Å²) in [6.45, 7) is 2.51. The topological polar surface area (TPSA) is 293 Å². The van der Waals surface area contributed by atoms with E-state index >= 15 is 0 Å². The van der Waals surface area contributed by atoms with Crippen LogP contribution in [0.5, 0.6) is 0 Å². The van der Waals surface area contributed by atoms with Gasteiger partial charge in [0.2, 0.25) is 0 Å². The van der Waals surface area contributed by atoms with E-state index in [0.29, 0.717) is 19.3 Å². The van der Waals surface area contributed by atoms with E-state index in [4.69, 9.17) is 23.0 Å². The molecule has 0 aromatic rings. The molecule has 1 aliphatic heterocycles. The highest BCUT2D eigenvalue weighted by Gasteiger charge is 2.50. The summed E-state index contributed by atoms with van der Waals surface area (Å²) in [5, 5.41) is 56.4. The molecule has 0 radical (unpaired) electrons. The maximum absolute atomic E-state index is 13.7. The van der Waals surface area contributed by atoms with E-state index in [0.717, 1.165) is 76.4 Å². The summed E-state index contributed by atoms with van der Waals surface area (Å²) in [5.74, 6) is -5.30. The molecule has 0 fully saturated rings. The molecule has 1 aliphatic carbocycles. The fraction of sp³-hybridized carbons (Fsp3) is 0.711. The van der Waals surface area contributed by atoms with Crippen LogP contribution in [0.15, 0.2) is 60.8 Å². The zero-order valence-electron chi connectivity index (χ0n) is 37.7. The van der Waals surface area contributed by atoms with Gasteiger partial charge in [-0.1, -0.05) is 113 Å². The molecule has 65 heavy (non-hydrogen) atoms. The summed E-state index contributed by atoms with van der Waals surface area (Å²) >= 11 is 0. The second kappa shape index (κ2) is 32.1. The fourth-order valence-electron chi connectivity index (χ4n) is 7.08. The number of hydrogen-bond acceptors (Lipinski definition) is 15. The number of esters is 2. The van der Waals surface area contributed by atoms with Crippen LogP contribution in [0.2, 0.25) is 0 Å². The minimum absolute atomic E-state index is 0.0450. The summed E-state index contributed by atoms with van der Waals surface area (Å²) in [6, 6.07) is 0. The summed E-state index contributed by atoms with van der Waals surface area (Å²) in [5.41, 5.74) is 0. The van der Waals surface area contributed by atoms with Gasteiger partial charge in [0.25, 0.3) is 0 Å². The van der Waals surface area contributed by atoms with Crippen molar-refractivity contribution in [2.24, 2.45) is 11.8 Å². The molecule has 0 saturated heterocycles. The molecular weight excluding hydrogens is 890 g/mol. The van der Waals surface area contributed by atoms with Gasteiger partial charge in [-0.25, -0.2) is 9.13 Å². The minimum atomic E-state index is -5.75. The van der Waals surface area contributed by atoms with E-state index in [-0.39, 0.29) is 32.1 Å². The highest BCUT2D eigenvalue weighted by Crippen LogP contribution is 2.49. The first-order valence-electron chi connectivity index (χ1n) is 22.9. The molecular formula is C45H74O18P2. The minimum Gasteiger partial charge on any atom is -0.462 e. The number of ether oxygens (including phenoxy) is 2. The molecule has 0 amide bonds. The predicted octanol–water partition coefficient (Wildman–Crippen LogP) is 5.90. The normalized spacial score (nSPS) is 30.8. The molecule has 1 heterocycles. The van der Waals surface area contributed by atoms with E-state index in [1.54, 1.807) is 12.2 Å². The number of hydrogen-bond donors (Lipinski definition) is 8. The summed E-state index contributed by atoms with van der Waals surface area (Å²) in [6.07, 6.45) is 10.2. The monoisotopic (exact) mass is 964 g/mol. The second-order valence-electron chi connectivity index (χ2n) is 16.4. The van der Waals surface area contributed by atoms with E-state index in [2.05, 4.69) is 31.2 Å². The van der Waals surface area contributed by atoms with Crippen LogP contribution in [0.3, 0.4) is 0 Å². The summed E-state index contributed by atoms with van der Waals surface area (Å²) < 4.78 is 51.9. The van der Waals surface area contributed by atoms with Gasteiger partial charge in [0.15, 0.2) is 11.9 Å². The molecule has 18 nitrogen and oxygen atoms in total. The zero-order chi connectivity index (χ0) is 48.3. The van der Waals surface area contributed by atoms with Gasteiger partial charge >= 0.3 is 27.6 Å². The Morgan fingerprint density at radius 1 is 0.908 bits per heavy atom. The molecule has 20 heteroatoms. The molecule has 0 saturated carbocycles. The van der Waals surface area contributed by atoms with Crippen molar-refractivity contribution in [2.45, 2.75) is 178 Å². The van der Waals surface area contributed by atoms with Gasteiger partial charge in [-0.3, -0.25) is 28.0 Å². The number of rotatable bonds is 22. The lowest BCUT2D eigenvalue weighted by molar-refractivity contribution is -0.163. The lowest BCUT2D eigenvalue weighted by atomic mass is 9.87. The number of carbonyl (C=O) groups excluding carboxylic acids is 3. The SMILES string of the molecule is CCC/C=C\C/C=C\CCCCCCCC(=O)OC[C@@H]1COP(=O)(O)O[C@H]2[C@H](O)[C@@H](O)[C@H](O)[C@H](/C=C\C(=O)[C@H](/C=C/[C@@H](O)CCCCC)[C@@H](O)[C@H]2OP(=O)(O)O)C/C=C\CCCC(=O)O1. The highest BCUT2D eigenvalue weighted by atomic mass is 31.2. The highest BCUT2D eigenvalue weighted by molar-refractivity contribution is 7.47. The number of phosphoric acid groups is 2. The van der Waals surface area contributed by atoms with Crippen molar-refractivity contribution in [3.63, 3.8) is 0 Å². The average Bonchev–Trinajstić information content (AvgIpc) is 3.25. The van der Waals surface area contributed by atoms with Crippen molar-refractivity contribution < 1.29 is 86.8 Å². The number of unbranched alkanes of at least 4 members (excludes halogenated alkanes) is 8. The van der Waals surface area contributed by atoms with Crippen molar-refractivity contribution >= 4 is 33.4 Å². The molecule has 372 valence electrons.